The maximum Gasteiger partial charge on any atom is 0.269 e. The molecule has 27 heavy (non-hydrogen) atoms. The van der Waals surface area contributed by atoms with Crippen LogP contribution < -0.4 is 9.62 Å². The van der Waals surface area contributed by atoms with Gasteiger partial charge in [0.15, 0.2) is 5.78 Å². The fourth-order valence-electron chi connectivity index (χ4n) is 2.37. The predicted molar refractivity (Wildman–Crippen MR) is 95.3 cm³/mol. The van der Waals surface area contributed by atoms with Crippen molar-refractivity contribution in [3.05, 3.63) is 53.9 Å². The zero-order valence-electron chi connectivity index (χ0n) is 14.3. The van der Waals surface area contributed by atoms with Crippen molar-refractivity contribution in [2.45, 2.75) is 18.7 Å². The minimum Gasteiger partial charge on any atom is -0.294 e. The second-order valence-corrected chi connectivity index (χ2v) is 7.46. The van der Waals surface area contributed by atoms with Gasteiger partial charge in [-0.25, -0.2) is 28.0 Å². The topological polar surface area (TPSA) is 126 Å². The van der Waals surface area contributed by atoms with E-state index in [2.05, 4.69) is 14.7 Å². The minimum absolute atomic E-state index is 0.0788. The number of ketones is 1. The molecule has 0 saturated carbocycles. The molecule has 2 aromatic rings. The lowest BCUT2D eigenvalue weighted by atomic mass is 10.2. The molecular weight excluding hydrogens is 372 g/mol. The van der Waals surface area contributed by atoms with Gasteiger partial charge in [0.05, 0.1) is 16.2 Å². The number of benzene rings is 1. The van der Waals surface area contributed by atoms with Gasteiger partial charge in [-0.1, -0.05) is 0 Å². The molecule has 1 aliphatic rings. The molecule has 1 N–H and O–H groups in total. The molecule has 0 saturated heterocycles. The summed E-state index contributed by atoms with van der Waals surface area (Å²) in [5.74, 6) is -2.00. The van der Waals surface area contributed by atoms with Crippen molar-refractivity contribution >= 4 is 39.3 Å². The maximum atomic E-state index is 12.4. The number of anilines is 2. The molecule has 0 fully saturated rings. The first-order chi connectivity index (χ1) is 12.7. The number of aromatic nitrogens is 2. The Morgan fingerprint density at radius 3 is 2.19 bits per heavy atom. The van der Waals surface area contributed by atoms with Crippen LogP contribution in [0.3, 0.4) is 0 Å². The molecule has 10 heteroatoms. The van der Waals surface area contributed by atoms with Crippen LogP contribution in [-0.2, 0) is 24.4 Å². The fraction of sp³-hybridized carbons (Fsp3) is 0.118. The number of nitrogens with zero attached hydrogens (tertiary/aromatic N) is 3. The van der Waals surface area contributed by atoms with Gasteiger partial charge in [-0.15, -0.1) is 0 Å². The number of aryl methyl sites for hydroxylation is 1. The highest BCUT2D eigenvalue weighted by Crippen LogP contribution is 2.25. The number of rotatable bonds is 5. The van der Waals surface area contributed by atoms with Crippen molar-refractivity contribution in [3.63, 3.8) is 0 Å². The summed E-state index contributed by atoms with van der Waals surface area (Å²) in [4.78, 5) is 44.0. The number of hydrogen-bond acceptors (Lipinski definition) is 7. The Bertz CT molecular complexity index is 1070. The summed E-state index contributed by atoms with van der Waals surface area (Å²) in [6.07, 6.45) is 3.90. The first-order valence-electron chi connectivity index (χ1n) is 7.71. The van der Waals surface area contributed by atoms with E-state index >= 15 is 0 Å². The molecule has 9 nitrogen and oxygen atoms in total. The summed E-state index contributed by atoms with van der Waals surface area (Å²) in [7, 11) is -3.95. The fourth-order valence-corrected chi connectivity index (χ4v) is 3.32. The van der Waals surface area contributed by atoms with Gasteiger partial charge in [0.2, 0.25) is 5.95 Å². The van der Waals surface area contributed by atoms with E-state index in [0.29, 0.717) is 0 Å². The number of hydrogen-bond donors (Lipinski definition) is 1. The lowest BCUT2D eigenvalue weighted by Gasteiger charge is -2.15. The van der Waals surface area contributed by atoms with Gasteiger partial charge < -0.3 is 0 Å². The predicted octanol–water partition coefficient (Wildman–Crippen LogP) is 0.974. The molecule has 0 atom stereocenters. The van der Waals surface area contributed by atoms with E-state index in [1.165, 1.54) is 43.6 Å². The Morgan fingerprint density at radius 1 is 1.07 bits per heavy atom. The number of sulfonamides is 1. The third-order valence-electron chi connectivity index (χ3n) is 3.71. The highest BCUT2D eigenvalue weighted by molar-refractivity contribution is 7.92. The number of amides is 2. The van der Waals surface area contributed by atoms with Crippen LogP contribution in [-0.4, -0.2) is 36.0 Å². The van der Waals surface area contributed by atoms with Crippen LogP contribution in [0.2, 0.25) is 0 Å². The molecular formula is C17H14N4O5S. The van der Waals surface area contributed by atoms with Crippen molar-refractivity contribution in [1.29, 1.82) is 0 Å². The summed E-state index contributed by atoms with van der Waals surface area (Å²) in [5, 5.41) is 0. The molecule has 0 radical (unpaired) electrons. The Kier molecular flexibility index (Phi) is 4.58. The van der Waals surface area contributed by atoms with Gasteiger partial charge in [-0.3, -0.25) is 14.4 Å². The standard InChI is InChI=1S/C17H14N4O5S/c1-10-8-18-17(19-9-10)20-27(25,26)13-5-3-12(4-6-13)21-15(23)7-14(11(2)22)16(21)24/h3-9H,1-2H3,(H,18,19,20). The molecule has 0 aliphatic carbocycles. The Hall–Kier alpha value is -3.40. The van der Waals surface area contributed by atoms with Gasteiger partial charge in [0.1, 0.15) is 0 Å². The highest BCUT2D eigenvalue weighted by Gasteiger charge is 2.34. The molecule has 1 aromatic carbocycles. The van der Waals surface area contributed by atoms with E-state index in [4.69, 9.17) is 0 Å². The van der Waals surface area contributed by atoms with E-state index in [1.807, 2.05) is 0 Å². The molecule has 1 aliphatic heterocycles. The first-order valence-corrected chi connectivity index (χ1v) is 9.20. The van der Waals surface area contributed by atoms with Crippen LogP contribution in [0, 0.1) is 6.92 Å². The Morgan fingerprint density at radius 2 is 1.67 bits per heavy atom. The van der Waals surface area contributed by atoms with Gasteiger partial charge in [-0.2, -0.15) is 0 Å². The zero-order chi connectivity index (χ0) is 19.8. The molecule has 0 unspecified atom stereocenters. The van der Waals surface area contributed by atoms with E-state index in [9.17, 15) is 22.8 Å². The number of nitrogens with one attached hydrogen (secondary N) is 1. The quantitative estimate of drug-likeness (QED) is 0.599. The molecule has 1 aromatic heterocycles. The van der Waals surface area contributed by atoms with Crippen LogP contribution in [0.25, 0.3) is 0 Å². The van der Waals surface area contributed by atoms with E-state index in [0.717, 1.165) is 16.5 Å². The average molecular weight is 386 g/mol. The third-order valence-corrected chi connectivity index (χ3v) is 5.06. The molecule has 2 heterocycles. The second kappa shape index (κ2) is 6.72. The Balaban J connectivity index is 1.83. The van der Waals surface area contributed by atoms with Crippen molar-refractivity contribution in [1.82, 2.24) is 9.97 Å². The van der Waals surface area contributed by atoms with Gasteiger partial charge in [-0.05, 0) is 43.7 Å². The second-order valence-electron chi connectivity index (χ2n) is 5.78. The largest absolute Gasteiger partial charge is 0.294 e. The number of carbonyl (C=O) groups is 3. The summed E-state index contributed by atoms with van der Waals surface area (Å²) in [6, 6.07) is 5.07. The first kappa shape index (κ1) is 18.4. The van der Waals surface area contributed by atoms with Gasteiger partial charge >= 0.3 is 0 Å². The van der Waals surface area contributed by atoms with Crippen molar-refractivity contribution < 1.29 is 22.8 Å². The van der Waals surface area contributed by atoms with Crippen LogP contribution in [0.15, 0.2) is 53.2 Å². The normalized spacial score (nSPS) is 14.3. The van der Waals surface area contributed by atoms with Crippen molar-refractivity contribution in [2.24, 2.45) is 0 Å². The molecule has 138 valence electrons. The number of carbonyl (C=O) groups excluding carboxylic acids is 3. The number of imide groups is 1. The molecule has 2 amide bonds. The summed E-state index contributed by atoms with van der Waals surface area (Å²) < 4.78 is 27.0. The molecule has 3 rings (SSSR count). The summed E-state index contributed by atoms with van der Waals surface area (Å²) in [6.45, 7) is 2.96. The third kappa shape index (κ3) is 3.60. The van der Waals surface area contributed by atoms with Crippen molar-refractivity contribution in [3.8, 4) is 0 Å². The van der Waals surface area contributed by atoms with Crippen LogP contribution >= 0.6 is 0 Å². The van der Waals surface area contributed by atoms with Crippen LogP contribution in [0.1, 0.15) is 12.5 Å². The monoisotopic (exact) mass is 386 g/mol. The van der Waals surface area contributed by atoms with Crippen molar-refractivity contribution in [2.75, 3.05) is 9.62 Å². The lowest BCUT2D eigenvalue weighted by Crippen LogP contribution is -2.31. The minimum atomic E-state index is -3.95. The van der Waals surface area contributed by atoms with Gasteiger partial charge in [0.25, 0.3) is 21.8 Å². The maximum absolute atomic E-state index is 12.4. The summed E-state index contributed by atoms with van der Waals surface area (Å²) in [5.41, 5.74) is 0.721. The summed E-state index contributed by atoms with van der Waals surface area (Å²) >= 11 is 0. The van der Waals surface area contributed by atoms with Crippen LogP contribution in [0.5, 0.6) is 0 Å². The smallest absolute Gasteiger partial charge is 0.269 e. The lowest BCUT2D eigenvalue weighted by molar-refractivity contribution is -0.121. The zero-order valence-corrected chi connectivity index (χ0v) is 15.1. The SMILES string of the molecule is CC(=O)C1=CC(=O)N(c2ccc(S(=O)(=O)Nc3ncc(C)cn3)cc2)C1=O. The molecule has 0 bridgehead atoms. The Labute approximate surface area is 154 Å². The van der Waals surface area contributed by atoms with E-state index in [-0.39, 0.29) is 22.1 Å². The van der Waals surface area contributed by atoms with E-state index < -0.39 is 27.6 Å². The average Bonchev–Trinajstić information content (AvgIpc) is 2.91. The number of Topliss-reactive ketones (excluding diaryl/α,β-unsaturated/α-hetero) is 1. The van der Waals surface area contributed by atoms with E-state index in [1.54, 1.807) is 6.92 Å². The molecule has 0 spiro atoms. The van der Waals surface area contributed by atoms with Crippen LogP contribution in [0.4, 0.5) is 11.6 Å². The van der Waals surface area contributed by atoms with Gasteiger partial charge in [0, 0.05) is 18.5 Å². The highest BCUT2D eigenvalue weighted by atomic mass is 32.2.